The van der Waals surface area contributed by atoms with Gasteiger partial charge in [-0.15, -0.1) is 11.8 Å². The van der Waals surface area contributed by atoms with Crippen molar-refractivity contribution < 1.29 is 37.3 Å². The smallest absolute Gasteiger partial charge is 0.416 e. The number of carboxylic acids is 1. The molecule has 1 atom stereocenters. The highest BCUT2D eigenvalue weighted by Crippen LogP contribution is 2.30. The zero-order valence-electron chi connectivity index (χ0n) is 15.6. The van der Waals surface area contributed by atoms with Gasteiger partial charge in [0.25, 0.3) is 0 Å². The molecule has 0 saturated carbocycles. The van der Waals surface area contributed by atoms with E-state index < -0.39 is 24.3 Å². The molecule has 0 aromatic heterocycles. The van der Waals surface area contributed by atoms with E-state index in [4.69, 9.17) is 19.3 Å². The van der Waals surface area contributed by atoms with Crippen molar-refractivity contribution in [1.29, 1.82) is 0 Å². The summed E-state index contributed by atoms with van der Waals surface area (Å²) in [6.45, 7) is 2.13. The van der Waals surface area contributed by atoms with Gasteiger partial charge in [-0.25, -0.2) is 4.79 Å². The molecular formula is C20H21F3O5S. The molecule has 0 amide bonds. The average Bonchev–Trinajstić information content (AvgIpc) is 2.69. The zero-order chi connectivity index (χ0) is 21.3. The molecule has 0 radical (unpaired) electrons. The first-order valence-corrected chi connectivity index (χ1v) is 9.75. The van der Waals surface area contributed by atoms with E-state index in [1.165, 1.54) is 23.9 Å². The van der Waals surface area contributed by atoms with Crippen molar-refractivity contribution >= 4 is 17.7 Å². The number of carbonyl (C=O) groups is 1. The SMILES string of the molecule is CCOC(COc1ccc(C(F)(F)F)cc1)CSc1ccc(OCC(=O)O)cc1. The molecule has 5 nitrogen and oxygen atoms in total. The number of aliphatic carboxylic acids is 1. The van der Waals surface area contributed by atoms with Gasteiger partial charge in [0.05, 0.1) is 5.56 Å². The third-order valence-corrected chi connectivity index (χ3v) is 4.79. The first-order valence-electron chi connectivity index (χ1n) is 8.77. The van der Waals surface area contributed by atoms with Crippen LogP contribution in [0.25, 0.3) is 0 Å². The van der Waals surface area contributed by atoms with Crippen LogP contribution in [0.15, 0.2) is 53.4 Å². The molecule has 1 unspecified atom stereocenters. The van der Waals surface area contributed by atoms with E-state index in [2.05, 4.69) is 0 Å². The fraction of sp³-hybridized carbons (Fsp3) is 0.350. The number of halogens is 3. The Morgan fingerprint density at radius 3 is 2.17 bits per heavy atom. The van der Waals surface area contributed by atoms with Gasteiger partial charge in [-0.05, 0) is 55.5 Å². The van der Waals surface area contributed by atoms with E-state index in [-0.39, 0.29) is 12.7 Å². The number of ether oxygens (including phenoxy) is 3. The van der Waals surface area contributed by atoms with E-state index in [9.17, 15) is 18.0 Å². The lowest BCUT2D eigenvalue weighted by atomic mass is 10.2. The predicted molar refractivity (Wildman–Crippen MR) is 103 cm³/mol. The fourth-order valence-corrected chi connectivity index (χ4v) is 3.18. The first kappa shape index (κ1) is 22.9. The van der Waals surface area contributed by atoms with Crippen LogP contribution in [0.3, 0.4) is 0 Å². The topological polar surface area (TPSA) is 65.0 Å². The van der Waals surface area contributed by atoms with Crippen LogP contribution in [0.5, 0.6) is 11.5 Å². The average molecular weight is 430 g/mol. The normalized spacial score (nSPS) is 12.4. The Kier molecular flexibility index (Phi) is 8.66. The third kappa shape index (κ3) is 8.25. The maximum absolute atomic E-state index is 12.6. The van der Waals surface area contributed by atoms with Crippen LogP contribution in [0.2, 0.25) is 0 Å². The van der Waals surface area contributed by atoms with Crippen molar-refractivity contribution in [3.63, 3.8) is 0 Å². The molecule has 0 aliphatic heterocycles. The van der Waals surface area contributed by atoms with Crippen molar-refractivity contribution in [3.05, 3.63) is 54.1 Å². The minimum Gasteiger partial charge on any atom is -0.491 e. The molecule has 0 fully saturated rings. The van der Waals surface area contributed by atoms with Crippen LogP contribution in [0.1, 0.15) is 12.5 Å². The molecule has 2 aromatic rings. The molecule has 2 aromatic carbocycles. The van der Waals surface area contributed by atoms with E-state index in [1.807, 2.05) is 19.1 Å². The number of alkyl halides is 3. The van der Waals surface area contributed by atoms with Crippen LogP contribution in [-0.2, 0) is 15.7 Å². The van der Waals surface area contributed by atoms with Crippen molar-refractivity contribution in [1.82, 2.24) is 0 Å². The van der Waals surface area contributed by atoms with Crippen LogP contribution in [0, 0.1) is 0 Å². The number of hydrogen-bond donors (Lipinski definition) is 1. The van der Waals surface area contributed by atoms with Crippen LogP contribution in [-0.4, -0.2) is 42.8 Å². The lowest BCUT2D eigenvalue weighted by molar-refractivity contribution is -0.139. The van der Waals surface area contributed by atoms with Crippen molar-refractivity contribution in [2.24, 2.45) is 0 Å². The van der Waals surface area contributed by atoms with E-state index >= 15 is 0 Å². The van der Waals surface area contributed by atoms with Gasteiger partial charge in [0, 0.05) is 17.3 Å². The second-order valence-corrected chi connectivity index (χ2v) is 6.97. The molecule has 0 spiro atoms. The maximum atomic E-state index is 12.6. The summed E-state index contributed by atoms with van der Waals surface area (Å²) in [4.78, 5) is 11.4. The van der Waals surface area contributed by atoms with Crippen LogP contribution >= 0.6 is 11.8 Å². The van der Waals surface area contributed by atoms with Gasteiger partial charge in [0.2, 0.25) is 0 Å². The van der Waals surface area contributed by atoms with Crippen LogP contribution in [0.4, 0.5) is 13.2 Å². The summed E-state index contributed by atoms with van der Waals surface area (Å²) in [6.07, 6.45) is -4.63. The molecule has 0 aliphatic rings. The van der Waals surface area contributed by atoms with Crippen molar-refractivity contribution in [3.8, 4) is 11.5 Å². The third-order valence-electron chi connectivity index (χ3n) is 3.64. The lowest BCUT2D eigenvalue weighted by Crippen LogP contribution is -2.24. The summed E-state index contributed by atoms with van der Waals surface area (Å²) in [5.74, 6) is 0.330. The van der Waals surface area contributed by atoms with E-state index in [1.54, 1.807) is 12.1 Å². The molecule has 0 heterocycles. The largest absolute Gasteiger partial charge is 0.491 e. The fourth-order valence-electron chi connectivity index (χ4n) is 2.28. The molecule has 2 rings (SSSR count). The molecule has 29 heavy (non-hydrogen) atoms. The number of benzene rings is 2. The molecule has 0 aliphatic carbocycles. The summed E-state index contributed by atoms with van der Waals surface area (Å²) in [5.41, 5.74) is -0.724. The summed E-state index contributed by atoms with van der Waals surface area (Å²) >= 11 is 1.52. The van der Waals surface area contributed by atoms with Crippen molar-refractivity contribution in [2.75, 3.05) is 25.6 Å². The van der Waals surface area contributed by atoms with E-state index in [0.717, 1.165) is 17.0 Å². The second kappa shape index (κ2) is 11.0. The number of hydrogen-bond acceptors (Lipinski definition) is 5. The highest BCUT2D eigenvalue weighted by atomic mass is 32.2. The first-order chi connectivity index (χ1) is 13.8. The minimum atomic E-state index is -4.38. The number of thioether (sulfide) groups is 1. The highest BCUT2D eigenvalue weighted by molar-refractivity contribution is 7.99. The second-order valence-electron chi connectivity index (χ2n) is 5.88. The minimum absolute atomic E-state index is 0.200. The molecular weight excluding hydrogens is 409 g/mol. The van der Waals surface area contributed by atoms with E-state index in [0.29, 0.717) is 23.9 Å². The number of carboxylic acid groups (broad SMARTS) is 1. The molecule has 1 N–H and O–H groups in total. The molecule has 9 heteroatoms. The molecule has 0 saturated heterocycles. The summed E-state index contributed by atoms with van der Waals surface area (Å²) in [7, 11) is 0. The Balaban J connectivity index is 1.84. The summed E-state index contributed by atoms with van der Waals surface area (Å²) < 4.78 is 54.1. The van der Waals surface area contributed by atoms with Gasteiger partial charge >= 0.3 is 12.1 Å². The Morgan fingerprint density at radius 1 is 1.03 bits per heavy atom. The van der Waals surface area contributed by atoms with Gasteiger partial charge in [0.1, 0.15) is 24.2 Å². The Hall–Kier alpha value is -2.39. The highest BCUT2D eigenvalue weighted by Gasteiger charge is 2.30. The lowest BCUT2D eigenvalue weighted by Gasteiger charge is -2.18. The predicted octanol–water partition coefficient (Wildman–Crippen LogP) is 4.75. The van der Waals surface area contributed by atoms with Gasteiger partial charge in [-0.1, -0.05) is 0 Å². The standard InChI is InChI=1S/C20H21F3O5S/c1-2-26-17(11-27-15-5-3-14(4-6-15)20(21,22)23)13-29-18-9-7-16(8-10-18)28-12-19(24)25/h3-10,17H,2,11-13H2,1H3,(H,24,25). The van der Waals surface area contributed by atoms with Gasteiger partial charge in [0.15, 0.2) is 6.61 Å². The molecule has 0 bridgehead atoms. The summed E-state index contributed by atoms with van der Waals surface area (Å²) in [6, 6.07) is 11.5. The maximum Gasteiger partial charge on any atom is 0.416 e. The van der Waals surface area contributed by atoms with Gasteiger partial charge in [-0.2, -0.15) is 13.2 Å². The Morgan fingerprint density at radius 2 is 1.62 bits per heavy atom. The Labute approximate surface area is 170 Å². The quantitative estimate of drug-likeness (QED) is 0.520. The Bertz CT molecular complexity index is 763. The van der Waals surface area contributed by atoms with Gasteiger partial charge in [-0.3, -0.25) is 0 Å². The monoisotopic (exact) mass is 430 g/mol. The van der Waals surface area contributed by atoms with Crippen LogP contribution < -0.4 is 9.47 Å². The molecule has 158 valence electrons. The van der Waals surface area contributed by atoms with Crippen molar-refractivity contribution in [2.45, 2.75) is 24.1 Å². The zero-order valence-corrected chi connectivity index (χ0v) is 16.5. The van der Waals surface area contributed by atoms with Gasteiger partial charge < -0.3 is 19.3 Å². The summed E-state index contributed by atoms with van der Waals surface area (Å²) in [5, 5.41) is 8.60. The number of rotatable bonds is 11.